The molecule has 0 aliphatic rings. The Morgan fingerprint density at radius 2 is 1.54 bits per heavy atom. The lowest BCUT2D eigenvalue weighted by Gasteiger charge is -2.25. The van der Waals surface area contributed by atoms with Crippen LogP contribution >= 0.6 is 11.3 Å². The molecule has 0 N–H and O–H groups in total. The Morgan fingerprint density at radius 3 is 2.07 bits per heavy atom. The van der Waals surface area contributed by atoms with Gasteiger partial charge in [0.15, 0.2) is 5.13 Å². The zero-order valence-corrected chi connectivity index (χ0v) is 16.8. The number of rotatable bonds is 5. The number of carbonyl (C=O) groups is 1. The van der Waals surface area contributed by atoms with E-state index in [0.29, 0.717) is 6.54 Å². The highest BCUT2D eigenvalue weighted by Gasteiger charge is 2.29. The average Bonchev–Trinajstić information content (AvgIpc) is 3.16. The smallest absolute Gasteiger partial charge is 0.240 e. The second-order valence-corrected chi connectivity index (χ2v) is 7.76. The number of hydrogen-bond acceptors (Lipinski definition) is 3. The molecule has 0 saturated heterocycles. The number of aryl methyl sites for hydroxylation is 1. The molecule has 0 spiro atoms. The van der Waals surface area contributed by atoms with Gasteiger partial charge in [0, 0.05) is 6.54 Å². The number of para-hydroxylation sites is 1. The zero-order valence-electron chi connectivity index (χ0n) is 16.0. The molecule has 0 radical (unpaired) electrons. The molecule has 140 valence electrons. The van der Waals surface area contributed by atoms with E-state index in [-0.39, 0.29) is 11.8 Å². The topological polar surface area (TPSA) is 33.2 Å². The molecule has 1 heterocycles. The van der Waals surface area contributed by atoms with Crippen LogP contribution in [0.5, 0.6) is 0 Å². The predicted molar refractivity (Wildman–Crippen MR) is 117 cm³/mol. The highest BCUT2D eigenvalue weighted by molar-refractivity contribution is 7.22. The molecular weight excluding hydrogens is 364 g/mol. The van der Waals surface area contributed by atoms with Gasteiger partial charge in [0.05, 0.1) is 16.1 Å². The minimum Gasteiger partial charge on any atom is -0.288 e. The van der Waals surface area contributed by atoms with Crippen molar-refractivity contribution in [1.82, 2.24) is 4.98 Å². The number of amides is 1. The lowest BCUT2D eigenvalue weighted by atomic mass is 9.90. The third-order valence-corrected chi connectivity index (χ3v) is 5.98. The predicted octanol–water partition coefficient (Wildman–Crippen LogP) is 5.79. The Labute approximate surface area is 169 Å². The maximum atomic E-state index is 13.7. The summed E-state index contributed by atoms with van der Waals surface area (Å²) in [5.74, 6) is -0.299. The molecule has 0 bridgehead atoms. The number of anilines is 1. The van der Waals surface area contributed by atoms with E-state index >= 15 is 0 Å². The van der Waals surface area contributed by atoms with Gasteiger partial charge < -0.3 is 0 Å². The fourth-order valence-electron chi connectivity index (χ4n) is 3.50. The third-order valence-electron chi connectivity index (χ3n) is 4.94. The van der Waals surface area contributed by atoms with Crippen molar-refractivity contribution in [2.24, 2.45) is 0 Å². The molecule has 0 saturated carbocycles. The quantitative estimate of drug-likeness (QED) is 0.435. The number of likely N-dealkylation sites (N-methyl/N-ethyl adjacent to an activating group) is 1. The summed E-state index contributed by atoms with van der Waals surface area (Å²) < 4.78 is 1.11. The minimum atomic E-state index is -0.351. The Balaban J connectivity index is 1.78. The maximum absolute atomic E-state index is 13.7. The van der Waals surface area contributed by atoms with E-state index in [0.717, 1.165) is 32.0 Å². The largest absolute Gasteiger partial charge is 0.288 e. The number of hydrogen-bond donors (Lipinski definition) is 0. The summed E-state index contributed by atoms with van der Waals surface area (Å²) in [5, 5.41) is 0.758. The van der Waals surface area contributed by atoms with E-state index in [1.54, 1.807) is 11.3 Å². The van der Waals surface area contributed by atoms with E-state index < -0.39 is 0 Å². The van der Waals surface area contributed by atoms with Crippen LogP contribution in [-0.2, 0) is 4.79 Å². The van der Waals surface area contributed by atoms with Gasteiger partial charge in [0.2, 0.25) is 5.91 Å². The summed E-state index contributed by atoms with van der Waals surface area (Å²) in [6.07, 6.45) is 0. The van der Waals surface area contributed by atoms with Gasteiger partial charge in [-0.3, -0.25) is 9.69 Å². The molecule has 1 aromatic heterocycles. The van der Waals surface area contributed by atoms with Crippen LogP contribution in [0.25, 0.3) is 10.2 Å². The Kier molecular flexibility index (Phi) is 5.22. The van der Waals surface area contributed by atoms with Gasteiger partial charge in [-0.05, 0) is 36.6 Å². The SMILES string of the molecule is CCN(C(=O)C(c1ccccc1)c1ccccc1)c1nc2c(C)cccc2s1. The standard InChI is InChI=1S/C24H22N2OS/c1-3-26(24-25-22-17(2)11-10-16-20(22)28-24)23(27)21(18-12-6-4-7-13-18)19-14-8-5-9-15-19/h4-16,21H,3H2,1-2H3. The van der Waals surface area contributed by atoms with Crippen molar-refractivity contribution in [2.75, 3.05) is 11.4 Å². The molecular formula is C24H22N2OS. The maximum Gasteiger partial charge on any atom is 0.240 e. The molecule has 0 aliphatic heterocycles. The first-order valence-corrected chi connectivity index (χ1v) is 10.3. The van der Waals surface area contributed by atoms with E-state index in [1.807, 2.05) is 78.6 Å². The second kappa shape index (κ2) is 7.95. The minimum absolute atomic E-state index is 0.0524. The summed E-state index contributed by atoms with van der Waals surface area (Å²) in [6, 6.07) is 26.1. The Bertz CT molecular complexity index is 1050. The number of carbonyl (C=O) groups excluding carboxylic acids is 1. The molecule has 3 nitrogen and oxygen atoms in total. The monoisotopic (exact) mass is 386 g/mol. The average molecular weight is 387 g/mol. The van der Waals surface area contributed by atoms with Crippen LogP contribution in [0.2, 0.25) is 0 Å². The Morgan fingerprint density at radius 1 is 0.929 bits per heavy atom. The first-order chi connectivity index (χ1) is 13.7. The molecule has 0 fully saturated rings. The van der Waals surface area contributed by atoms with Crippen molar-refractivity contribution in [3.8, 4) is 0 Å². The van der Waals surface area contributed by atoms with Gasteiger partial charge in [-0.1, -0.05) is 84.1 Å². The molecule has 4 heteroatoms. The molecule has 4 rings (SSSR count). The van der Waals surface area contributed by atoms with Gasteiger partial charge in [0.1, 0.15) is 0 Å². The molecule has 0 atom stereocenters. The number of thiazole rings is 1. The van der Waals surface area contributed by atoms with Crippen LogP contribution in [0.3, 0.4) is 0 Å². The molecule has 3 aromatic carbocycles. The van der Waals surface area contributed by atoms with Crippen molar-refractivity contribution in [1.29, 1.82) is 0 Å². The lowest BCUT2D eigenvalue weighted by Crippen LogP contribution is -2.35. The van der Waals surface area contributed by atoms with Gasteiger partial charge in [-0.2, -0.15) is 0 Å². The molecule has 28 heavy (non-hydrogen) atoms. The number of nitrogens with zero attached hydrogens (tertiary/aromatic N) is 2. The van der Waals surface area contributed by atoms with E-state index in [9.17, 15) is 4.79 Å². The Hall–Kier alpha value is -2.98. The molecule has 1 amide bonds. The summed E-state index contributed by atoms with van der Waals surface area (Å²) in [5.41, 5.74) is 4.10. The summed E-state index contributed by atoms with van der Waals surface area (Å²) in [7, 11) is 0. The first kappa shape index (κ1) is 18.4. The fraction of sp³-hybridized carbons (Fsp3) is 0.167. The highest BCUT2D eigenvalue weighted by Crippen LogP contribution is 2.34. The van der Waals surface area contributed by atoms with Gasteiger partial charge in [-0.15, -0.1) is 0 Å². The number of fused-ring (bicyclic) bond motifs is 1. The normalized spacial score (nSPS) is 11.1. The van der Waals surface area contributed by atoms with Crippen LogP contribution in [0.15, 0.2) is 78.9 Å². The number of aromatic nitrogens is 1. The van der Waals surface area contributed by atoms with Gasteiger partial charge in [0.25, 0.3) is 0 Å². The van der Waals surface area contributed by atoms with Crippen LogP contribution in [-0.4, -0.2) is 17.4 Å². The molecule has 0 aliphatic carbocycles. The van der Waals surface area contributed by atoms with Crippen molar-refractivity contribution < 1.29 is 4.79 Å². The number of benzene rings is 3. The summed E-state index contributed by atoms with van der Waals surface area (Å²) in [6.45, 7) is 4.64. The summed E-state index contributed by atoms with van der Waals surface area (Å²) >= 11 is 1.57. The van der Waals surface area contributed by atoms with Gasteiger partial charge >= 0.3 is 0 Å². The first-order valence-electron chi connectivity index (χ1n) is 9.46. The van der Waals surface area contributed by atoms with Crippen molar-refractivity contribution in [3.63, 3.8) is 0 Å². The zero-order chi connectivity index (χ0) is 19.5. The van der Waals surface area contributed by atoms with Crippen LogP contribution in [0, 0.1) is 6.92 Å². The molecule has 4 aromatic rings. The summed E-state index contributed by atoms with van der Waals surface area (Å²) in [4.78, 5) is 20.3. The van der Waals surface area contributed by atoms with Crippen LogP contribution < -0.4 is 4.90 Å². The van der Waals surface area contributed by atoms with Crippen molar-refractivity contribution in [2.45, 2.75) is 19.8 Å². The van der Waals surface area contributed by atoms with E-state index in [2.05, 4.69) is 19.1 Å². The molecule has 0 unspecified atom stereocenters. The van der Waals surface area contributed by atoms with E-state index in [4.69, 9.17) is 4.98 Å². The van der Waals surface area contributed by atoms with Crippen molar-refractivity contribution >= 4 is 32.6 Å². The highest BCUT2D eigenvalue weighted by atomic mass is 32.1. The van der Waals surface area contributed by atoms with Crippen molar-refractivity contribution in [3.05, 3.63) is 95.6 Å². The van der Waals surface area contributed by atoms with E-state index in [1.165, 1.54) is 0 Å². The second-order valence-electron chi connectivity index (χ2n) is 6.75. The van der Waals surface area contributed by atoms with Gasteiger partial charge in [-0.25, -0.2) is 4.98 Å². The third kappa shape index (κ3) is 3.43. The van der Waals surface area contributed by atoms with Crippen LogP contribution in [0.1, 0.15) is 29.5 Å². The van der Waals surface area contributed by atoms with Crippen LogP contribution in [0.4, 0.5) is 5.13 Å². The lowest BCUT2D eigenvalue weighted by molar-refractivity contribution is -0.119. The fourth-order valence-corrected chi connectivity index (χ4v) is 4.61.